The fourth-order valence-corrected chi connectivity index (χ4v) is 2.57. The summed E-state index contributed by atoms with van der Waals surface area (Å²) in [6.07, 6.45) is 5.02. The van der Waals surface area contributed by atoms with Gasteiger partial charge in [0.15, 0.2) is 0 Å². The summed E-state index contributed by atoms with van der Waals surface area (Å²) in [5.41, 5.74) is 0.937. The number of carboxylic acid groups (broad SMARTS) is 1. The Hall–Kier alpha value is -1.13. The van der Waals surface area contributed by atoms with Crippen molar-refractivity contribution in [3.05, 3.63) is 29.0 Å². The van der Waals surface area contributed by atoms with Gasteiger partial charge in [-0.1, -0.05) is 18.5 Å². The first kappa shape index (κ1) is 13.3. The van der Waals surface area contributed by atoms with Crippen molar-refractivity contribution in [2.24, 2.45) is 5.92 Å². The molecule has 0 aromatic carbocycles. The first-order valence-electron chi connectivity index (χ1n) is 6.13. The van der Waals surface area contributed by atoms with E-state index in [4.69, 9.17) is 11.6 Å². The van der Waals surface area contributed by atoms with Crippen molar-refractivity contribution in [3.8, 4) is 0 Å². The largest absolute Gasteiger partial charge is 0.480 e. The molecule has 0 amide bonds. The van der Waals surface area contributed by atoms with E-state index in [1.807, 2.05) is 11.0 Å². The average molecular weight is 269 g/mol. The molecule has 2 rings (SSSR count). The second-order valence-electron chi connectivity index (χ2n) is 4.92. The zero-order valence-corrected chi connectivity index (χ0v) is 11.1. The number of piperidine rings is 1. The maximum absolute atomic E-state index is 11.3. The molecule has 2 heterocycles. The molecule has 5 heteroatoms. The average Bonchev–Trinajstić information content (AvgIpc) is 2.34. The highest BCUT2D eigenvalue weighted by Gasteiger charge is 2.31. The predicted octanol–water partition coefficient (Wildman–Crippen LogP) is 2.42. The minimum absolute atomic E-state index is 0.405. The van der Waals surface area contributed by atoms with Gasteiger partial charge in [-0.25, -0.2) is 0 Å². The number of likely N-dealkylation sites (tertiary alicyclic amines) is 1. The van der Waals surface area contributed by atoms with Gasteiger partial charge >= 0.3 is 5.97 Å². The highest BCUT2D eigenvalue weighted by atomic mass is 35.5. The number of rotatable bonds is 3. The van der Waals surface area contributed by atoms with E-state index in [2.05, 4.69) is 11.9 Å². The van der Waals surface area contributed by atoms with Gasteiger partial charge in [0.05, 0.1) is 5.02 Å². The van der Waals surface area contributed by atoms with Crippen LogP contribution in [-0.2, 0) is 11.3 Å². The van der Waals surface area contributed by atoms with E-state index in [0.717, 1.165) is 18.5 Å². The van der Waals surface area contributed by atoms with Crippen LogP contribution in [0.1, 0.15) is 25.3 Å². The van der Waals surface area contributed by atoms with E-state index < -0.39 is 12.0 Å². The minimum atomic E-state index is -0.744. The van der Waals surface area contributed by atoms with Crippen LogP contribution in [0.15, 0.2) is 18.5 Å². The molecule has 0 saturated carbocycles. The molecule has 1 saturated heterocycles. The van der Waals surface area contributed by atoms with Crippen LogP contribution in [0.5, 0.6) is 0 Å². The third kappa shape index (κ3) is 3.00. The van der Waals surface area contributed by atoms with Gasteiger partial charge in [0.1, 0.15) is 6.04 Å². The minimum Gasteiger partial charge on any atom is -0.480 e. The summed E-state index contributed by atoms with van der Waals surface area (Å²) in [4.78, 5) is 17.2. The number of aromatic nitrogens is 1. The molecular weight excluding hydrogens is 252 g/mol. The molecule has 4 nitrogen and oxygen atoms in total. The summed E-state index contributed by atoms with van der Waals surface area (Å²) in [6, 6.07) is 1.44. The number of hydrogen-bond donors (Lipinski definition) is 1. The molecule has 0 radical (unpaired) electrons. The smallest absolute Gasteiger partial charge is 0.320 e. The van der Waals surface area contributed by atoms with E-state index in [0.29, 0.717) is 23.9 Å². The third-order valence-electron chi connectivity index (χ3n) is 3.49. The lowest BCUT2D eigenvalue weighted by molar-refractivity contribution is -0.145. The Morgan fingerprint density at radius 1 is 1.67 bits per heavy atom. The first-order chi connectivity index (χ1) is 8.58. The van der Waals surface area contributed by atoms with E-state index >= 15 is 0 Å². The molecular formula is C13H17ClN2O2. The van der Waals surface area contributed by atoms with Gasteiger partial charge in [0, 0.05) is 18.9 Å². The maximum Gasteiger partial charge on any atom is 0.320 e. The van der Waals surface area contributed by atoms with Gasteiger partial charge in [-0.05, 0) is 36.9 Å². The first-order valence-corrected chi connectivity index (χ1v) is 6.51. The van der Waals surface area contributed by atoms with Crippen LogP contribution >= 0.6 is 11.6 Å². The molecule has 0 bridgehead atoms. The summed E-state index contributed by atoms with van der Waals surface area (Å²) >= 11 is 6.06. The molecule has 0 spiro atoms. The molecule has 0 aliphatic carbocycles. The molecule has 2 atom stereocenters. The summed E-state index contributed by atoms with van der Waals surface area (Å²) in [6.45, 7) is 3.48. The molecule has 98 valence electrons. The third-order valence-corrected chi connectivity index (χ3v) is 3.83. The Morgan fingerprint density at radius 3 is 3.11 bits per heavy atom. The summed E-state index contributed by atoms with van der Waals surface area (Å²) in [5, 5.41) is 9.88. The Labute approximate surface area is 112 Å². The molecule has 1 aliphatic rings. The molecule has 1 aliphatic heterocycles. The van der Waals surface area contributed by atoms with Crippen LogP contribution in [0.25, 0.3) is 0 Å². The lowest BCUT2D eigenvalue weighted by atomic mass is 9.92. The number of carbonyl (C=O) groups is 1. The van der Waals surface area contributed by atoms with Crippen LogP contribution in [0.3, 0.4) is 0 Å². The molecule has 1 fully saturated rings. The van der Waals surface area contributed by atoms with Gasteiger partial charge in [0.2, 0.25) is 0 Å². The van der Waals surface area contributed by atoms with Crippen molar-refractivity contribution < 1.29 is 9.90 Å². The number of hydrogen-bond acceptors (Lipinski definition) is 3. The van der Waals surface area contributed by atoms with Gasteiger partial charge in [-0.15, -0.1) is 0 Å². The lowest BCUT2D eigenvalue weighted by Crippen LogP contribution is -2.46. The summed E-state index contributed by atoms with van der Waals surface area (Å²) < 4.78 is 0. The van der Waals surface area contributed by atoms with Crippen molar-refractivity contribution in [1.29, 1.82) is 0 Å². The zero-order valence-electron chi connectivity index (χ0n) is 10.3. The number of halogens is 1. The van der Waals surface area contributed by atoms with Crippen LogP contribution in [0, 0.1) is 5.92 Å². The number of nitrogens with zero attached hydrogens (tertiary/aromatic N) is 2. The molecule has 1 aromatic rings. The Bertz CT molecular complexity index is 439. The Morgan fingerprint density at radius 2 is 2.44 bits per heavy atom. The number of carboxylic acids is 1. The normalized spacial score (nSPS) is 25.0. The van der Waals surface area contributed by atoms with Crippen molar-refractivity contribution in [2.45, 2.75) is 32.4 Å². The summed E-state index contributed by atoms with van der Waals surface area (Å²) in [7, 11) is 0. The zero-order chi connectivity index (χ0) is 13.1. The van der Waals surface area contributed by atoms with Gasteiger partial charge in [-0.3, -0.25) is 14.7 Å². The monoisotopic (exact) mass is 268 g/mol. The summed E-state index contributed by atoms with van der Waals surface area (Å²) in [5.74, 6) is -0.276. The van der Waals surface area contributed by atoms with Gasteiger partial charge in [-0.2, -0.15) is 0 Å². The number of aliphatic carboxylic acids is 1. The van der Waals surface area contributed by atoms with Gasteiger partial charge in [0.25, 0.3) is 0 Å². The molecule has 18 heavy (non-hydrogen) atoms. The van der Waals surface area contributed by atoms with Crippen LogP contribution in [0.4, 0.5) is 0 Å². The van der Waals surface area contributed by atoms with Crippen molar-refractivity contribution in [1.82, 2.24) is 9.88 Å². The maximum atomic E-state index is 11.3. The molecule has 2 unspecified atom stereocenters. The van der Waals surface area contributed by atoms with Crippen LogP contribution < -0.4 is 0 Å². The highest BCUT2D eigenvalue weighted by Crippen LogP contribution is 2.26. The molecule has 1 N–H and O–H groups in total. The number of pyridine rings is 1. The Balaban J connectivity index is 2.12. The SMILES string of the molecule is CC1CCN(Cc2ccncc2Cl)C(C(=O)O)C1. The molecule has 1 aromatic heterocycles. The van der Waals surface area contributed by atoms with Crippen LogP contribution in [0.2, 0.25) is 5.02 Å². The van der Waals surface area contributed by atoms with Crippen LogP contribution in [-0.4, -0.2) is 33.5 Å². The lowest BCUT2D eigenvalue weighted by Gasteiger charge is -2.36. The van der Waals surface area contributed by atoms with Crippen molar-refractivity contribution >= 4 is 17.6 Å². The van der Waals surface area contributed by atoms with E-state index in [1.165, 1.54) is 0 Å². The second-order valence-corrected chi connectivity index (χ2v) is 5.33. The predicted molar refractivity (Wildman–Crippen MR) is 69.5 cm³/mol. The van der Waals surface area contributed by atoms with E-state index in [-0.39, 0.29) is 0 Å². The standard InChI is InChI=1S/C13H17ClN2O2/c1-9-3-5-16(12(6-9)13(17)18)8-10-2-4-15-7-11(10)14/h2,4,7,9,12H,3,5-6,8H2,1H3,(H,17,18). The van der Waals surface area contributed by atoms with Gasteiger partial charge < -0.3 is 5.11 Å². The fourth-order valence-electron chi connectivity index (χ4n) is 2.39. The second kappa shape index (κ2) is 5.67. The quantitative estimate of drug-likeness (QED) is 0.915. The highest BCUT2D eigenvalue weighted by molar-refractivity contribution is 6.31. The van der Waals surface area contributed by atoms with Crippen molar-refractivity contribution in [2.75, 3.05) is 6.54 Å². The van der Waals surface area contributed by atoms with E-state index in [1.54, 1.807) is 12.4 Å². The fraction of sp³-hybridized carbons (Fsp3) is 0.538. The van der Waals surface area contributed by atoms with E-state index in [9.17, 15) is 9.90 Å². The van der Waals surface area contributed by atoms with Crippen molar-refractivity contribution in [3.63, 3.8) is 0 Å². The topological polar surface area (TPSA) is 53.4 Å². The Kier molecular flexibility index (Phi) is 4.19.